The first kappa shape index (κ1) is 26.2. The zero-order valence-electron chi connectivity index (χ0n) is 19.5. The van der Waals surface area contributed by atoms with Crippen LogP contribution >= 0.6 is 0 Å². The van der Waals surface area contributed by atoms with E-state index in [1.165, 1.54) is 50.7 Å². The molecule has 0 aliphatic rings. The molecule has 0 fully saturated rings. The summed E-state index contributed by atoms with van der Waals surface area (Å²) >= 11 is 0. The van der Waals surface area contributed by atoms with Crippen molar-refractivity contribution >= 4 is 17.6 Å². The summed E-state index contributed by atoms with van der Waals surface area (Å²) in [6.45, 7) is 2.83. The molecule has 2 rings (SSSR count). The van der Waals surface area contributed by atoms with E-state index in [0.717, 1.165) is 20.0 Å². The molecular formula is C26H34FNO5. The average molecular weight is 460 g/mol. The molecule has 6 nitrogen and oxygen atoms in total. The van der Waals surface area contributed by atoms with Crippen LogP contribution in [-0.4, -0.2) is 31.4 Å². The van der Waals surface area contributed by atoms with E-state index in [9.17, 15) is 9.59 Å². The van der Waals surface area contributed by atoms with Crippen LogP contribution in [0.4, 0.5) is 10.1 Å². The summed E-state index contributed by atoms with van der Waals surface area (Å²) in [5.74, 6) is -5.40. The number of rotatable bonds is 15. The van der Waals surface area contributed by atoms with E-state index in [4.69, 9.17) is 9.47 Å². The van der Waals surface area contributed by atoms with Gasteiger partial charge in [-0.2, -0.15) is 4.39 Å². The Balaban J connectivity index is 1.82. The van der Waals surface area contributed by atoms with Crippen LogP contribution < -0.4 is 14.8 Å². The number of para-hydroxylation sites is 1. The van der Waals surface area contributed by atoms with Crippen LogP contribution in [0.5, 0.6) is 11.5 Å². The molecule has 2 aromatic carbocycles. The molecule has 0 spiro atoms. The highest BCUT2D eigenvalue weighted by Crippen LogP contribution is 2.24. The summed E-state index contributed by atoms with van der Waals surface area (Å²) in [5, 5.41) is 2.35. The van der Waals surface area contributed by atoms with Gasteiger partial charge in [0.15, 0.2) is 0 Å². The molecule has 2 aromatic rings. The van der Waals surface area contributed by atoms with Crippen LogP contribution in [0.3, 0.4) is 0 Å². The van der Waals surface area contributed by atoms with Crippen molar-refractivity contribution in [2.45, 2.75) is 64.1 Å². The number of nitrogens with one attached hydrogen (secondary N) is 1. The van der Waals surface area contributed by atoms with Crippen LogP contribution in [0, 0.1) is 0 Å². The number of methoxy groups -OCH3 is 1. The fourth-order valence-electron chi connectivity index (χ4n) is 3.23. The summed E-state index contributed by atoms with van der Waals surface area (Å²) in [7, 11) is 0.983. The van der Waals surface area contributed by atoms with Crippen molar-refractivity contribution in [1.29, 1.82) is 0 Å². The van der Waals surface area contributed by atoms with Gasteiger partial charge in [0.05, 0.1) is 13.7 Å². The van der Waals surface area contributed by atoms with E-state index in [2.05, 4.69) is 17.0 Å². The second-order valence-electron chi connectivity index (χ2n) is 7.80. The van der Waals surface area contributed by atoms with Crippen molar-refractivity contribution in [3.63, 3.8) is 0 Å². The highest BCUT2D eigenvalue weighted by atomic mass is 19.2. The summed E-state index contributed by atoms with van der Waals surface area (Å²) in [6, 6.07) is 14.2. The van der Waals surface area contributed by atoms with Gasteiger partial charge < -0.3 is 19.5 Å². The van der Waals surface area contributed by atoms with Gasteiger partial charge in [-0.15, -0.1) is 0 Å². The quantitative estimate of drug-likeness (QED) is 0.199. The number of hydrogen-bond donors (Lipinski definition) is 1. The number of ether oxygens (including phenoxy) is 3. The molecule has 0 bridgehead atoms. The molecule has 0 aliphatic heterocycles. The molecule has 0 saturated heterocycles. The van der Waals surface area contributed by atoms with Gasteiger partial charge in [0, 0.05) is 5.69 Å². The monoisotopic (exact) mass is 459 g/mol. The minimum absolute atomic E-state index is 0.0188. The number of esters is 1. The molecule has 1 atom stereocenters. The van der Waals surface area contributed by atoms with E-state index in [0.29, 0.717) is 18.0 Å². The zero-order valence-corrected chi connectivity index (χ0v) is 19.5. The lowest BCUT2D eigenvalue weighted by molar-refractivity contribution is -0.181. The van der Waals surface area contributed by atoms with Gasteiger partial charge >= 0.3 is 17.7 Å². The normalized spacial score (nSPS) is 12.5. The van der Waals surface area contributed by atoms with Crippen molar-refractivity contribution in [2.24, 2.45) is 0 Å². The Kier molecular flexibility index (Phi) is 11.2. The Morgan fingerprint density at radius 1 is 0.848 bits per heavy atom. The minimum atomic E-state index is -3.33. The third-order valence-electron chi connectivity index (χ3n) is 5.12. The molecular weight excluding hydrogens is 425 g/mol. The third-order valence-corrected chi connectivity index (χ3v) is 5.12. The highest BCUT2D eigenvalue weighted by Gasteiger charge is 2.51. The number of halogens is 1. The molecule has 33 heavy (non-hydrogen) atoms. The fourth-order valence-corrected chi connectivity index (χ4v) is 3.23. The van der Waals surface area contributed by atoms with Gasteiger partial charge in [0.1, 0.15) is 11.5 Å². The molecule has 0 aliphatic carbocycles. The van der Waals surface area contributed by atoms with Crippen molar-refractivity contribution in [1.82, 2.24) is 0 Å². The van der Waals surface area contributed by atoms with E-state index < -0.39 is 17.7 Å². The number of amides is 1. The van der Waals surface area contributed by atoms with Crippen molar-refractivity contribution in [3.05, 3.63) is 54.6 Å². The lowest BCUT2D eigenvalue weighted by Crippen LogP contribution is -2.51. The number of benzene rings is 2. The van der Waals surface area contributed by atoms with Gasteiger partial charge in [-0.3, -0.25) is 4.79 Å². The molecule has 1 unspecified atom stereocenters. The first-order valence-electron chi connectivity index (χ1n) is 11.5. The Bertz CT molecular complexity index is 844. The smallest absolute Gasteiger partial charge is 0.425 e. The second kappa shape index (κ2) is 14.1. The average Bonchev–Trinajstić information content (AvgIpc) is 2.84. The predicted octanol–water partition coefficient (Wildman–Crippen LogP) is 6.06. The zero-order chi connectivity index (χ0) is 23.9. The van der Waals surface area contributed by atoms with E-state index in [1.54, 1.807) is 42.5 Å². The Labute approximate surface area is 195 Å². The molecule has 1 N–H and O–H groups in total. The molecule has 180 valence electrons. The number of alkyl halides is 1. The van der Waals surface area contributed by atoms with Gasteiger partial charge in [-0.1, -0.05) is 70.1 Å². The highest BCUT2D eigenvalue weighted by molar-refractivity contribution is 6.10. The summed E-state index contributed by atoms with van der Waals surface area (Å²) in [6.07, 6.45) is 9.79. The summed E-state index contributed by atoms with van der Waals surface area (Å²) in [5.41, 5.74) is 0.294. The second-order valence-corrected chi connectivity index (χ2v) is 7.80. The summed E-state index contributed by atoms with van der Waals surface area (Å²) < 4.78 is 30.5. The topological polar surface area (TPSA) is 73.9 Å². The van der Waals surface area contributed by atoms with Gasteiger partial charge in [0.2, 0.25) is 0 Å². The molecule has 0 heterocycles. The van der Waals surface area contributed by atoms with Crippen LogP contribution in [0.1, 0.15) is 58.3 Å². The number of carbonyl (C=O) groups excluding carboxylic acids is 2. The fraction of sp³-hybridized carbons (Fsp3) is 0.462. The number of carbonyl (C=O) groups is 2. The molecule has 7 heteroatoms. The Hall–Kier alpha value is -3.09. The van der Waals surface area contributed by atoms with Crippen LogP contribution in [0.25, 0.3) is 0 Å². The standard InChI is InChI=1S/C26H34FNO5/c1-3-4-5-6-7-8-9-13-20-32-22-18-16-21(17-19-22)28-24(29)26(27,25(30)31-2)33-23-14-11-10-12-15-23/h10-12,14-19H,3-9,13,20H2,1-2H3,(H,28,29). The van der Waals surface area contributed by atoms with E-state index in [1.807, 2.05) is 0 Å². The molecule has 0 saturated carbocycles. The maximum Gasteiger partial charge on any atom is 0.425 e. The first-order valence-corrected chi connectivity index (χ1v) is 11.5. The SMILES string of the molecule is CCCCCCCCCCOc1ccc(NC(=O)C(F)(Oc2ccccc2)C(=O)OC)cc1. The molecule has 0 radical (unpaired) electrons. The maximum atomic E-state index is 15.3. The van der Waals surface area contributed by atoms with Crippen LogP contribution in [0.15, 0.2) is 54.6 Å². The Morgan fingerprint density at radius 2 is 1.45 bits per heavy atom. The summed E-state index contributed by atoms with van der Waals surface area (Å²) in [4.78, 5) is 24.5. The number of anilines is 1. The first-order chi connectivity index (χ1) is 16.0. The van der Waals surface area contributed by atoms with Crippen LogP contribution in [-0.2, 0) is 14.3 Å². The van der Waals surface area contributed by atoms with Crippen molar-refractivity contribution in [2.75, 3.05) is 19.0 Å². The molecule has 0 aromatic heterocycles. The minimum Gasteiger partial charge on any atom is -0.494 e. The maximum absolute atomic E-state index is 15.3. The van der Waals surface area contributed by atoms with Crippen molar-refractivity contribution < 1.29 is 28.2 Å². The lowest BCUT2D eigenvalue weighted by Gasteiger charge is -2.22. The van der Waals surface area contributed by atoms with Gasteiger partial charge in [-0.25, -0.2) is 4.79 Å². The third kappa shape index (κ3) is 8.75. The van der Waals surface area contributed by atoms with Crippen LogP contribution in [0.2, 0.25) is 0 Å². The van der Waals surface area contributed by atoms with E-state index in [-0.39, 0.29) is 5.75 Å². The molecule has 1 amide bonds. The van der Waals surface area contributed by atoms with E-state index >= 15 is 4.39 Å². The predicted molar refractivity (Wildman–Crippen MR) is 126 cm³/mol. The number of unbranched alkanes of at least 4 members (excludes halogenated alkanes) is 7. The van der Waals surface area contributed by atoms with Crippen molar-refractivity contribution in [3.8, 4) is 11.5 Å². The Morgan fingerprint density at radius 3 is 2.06 bits per heavy atom. The van der Waals surface area contributed by atoms with Gasteiger partial charge in [-0.05, 0) is 42.8 Å². The van der Waals surface area contributed by atoms with Gasteiger partial charge in [0.25, 0.3) is 0 Å². The number of hydrogen-bond acceptors (Lipinski definition) is 5. The largest absolute Gasteiger partial charge is 0.494 e. The lowest BCUT2D eigenvalue weighted by atomic mass is 10.1.